The number of pyridine rings is 1. The number of likely N-dealkylation sites (tertiary alicyclic amines) is 1. The van der Waals surface area contributed by atoms with Crippen LogP contribution in [-0.4, -0.2) is 51.7 Å². The molecule has 0 unspecified atom stereocenters. The fourth-order valence-electron chi connectivity index (χ4n) is 3.59. The van der Waals surface area contributed by atoms with E-state index in [1.54, 1.807) is 75.3 Å². The number of aromatic nitrogens is 1. The first-order valence-electron chi connectivity index (χ1n) is 10.5. The van der Waals surface area contributed by atoms with Crippen molar-refractivity contribution in [1.29, 1.82) is 0 Å². The lowest BCUT2D eigenvalue weighted by Gasteiger charge is -2.38. The molecule has 0 radical (unpaired) electrons. The molecule has 1 aromatic carbocycles. The van der Waals surface area contributed by atoms with E-state index in [0.29, 0.717) is 42.8 Å². The van der Waals surface area contributed by atoms with Crippen LogP contribution in [0.4, 0.5) is 0 Å². The highest BCUT2D eigenvalue weighted by Crippen LogP contribution is 2.35. The van der Waals surface area contributed by atoms with E-state index in [-0.39, 0.29) is 12.0 Å². The lowest BCUT2D eigenvalue weighted by molar-refractivity contribution is -0.163. The Morgan fingerprint density at radius 3 is 2.39 bits per heavy atom. The number of hydrogen-bond acceptors (Lipinski definition) is 6. The third kappa shape index (κ3) is 5.41. The molecule has 1 fully saturated rings. The molecule has 1 aliphatic heterocycles. The summed E-state index contributed by atoms with van der Waals surface area (Å²) in [4.78, 5) is 30.6. The number of amides is 1. The quantitative estimate of drug-likeness (QED) is 0.713. The summed E-state index contributed by atoms with van der Waals surface area (Å²) in [6, 6.07) is 10.5. The van der Waals surface area contributed by atoms with E-state index >= 15 is 0 Å². The second-order valence-electron chi connectivity index (χ2n) is 8.65. The molecule has 2 heterocycles. The lowest BCUT2D eigenvalue weighted by atomic mass is 9.84. The zero-order chi connectivity index (χ0) is 22.6. The van der Waals surface area contributed by atoms with Crippen LogP contribution < -0.4 is 4.74 Å². The molecule has 1 saturated heterocycles. The van der Waals surface area contributed by atoms with Crippen molar-refractivity contribution in [2.24, 2.45) is 0 Å². The molecule has 7 heteroatoms. The fourth-order valence-corrected chi connectivity index (χ4v) is 3.59. The van der Waals surface area contributed by atoms with Crippen LogP contribution in [0.1, 0.15) is 56.5 Å². The predicted octanol–water partition coefficient (Wildman–Crippen LogP) is 3.31. The first kappa shape index (κ1) is 22.7. The molecule has 31 heavy (non-hydrogen) atoms. The molecule has 1 amide bonds. The Morgan fingerprint density at radius 1 is 1.13 bits per heavy atom. The molecule has 0 bridgehead atoms. The number of benzene rings is 1. The summed E-state index contributed by atoms with van der Waals surface area (Å²) in [5.41, 5.74) is -0.941. The van der Waals surface area contributed by atoms with Gasteiger partial charge in [0.2, 0.25) is 0 Å². The molecular formula is C24H30N2O5. The van der Waals surface area contributed by atoms with Gasteiger partial charge in [-0.3, -0.25) is 9.78 Å². The van der Waals surface area contributed by atoms with Crippen LogP contribution in [0.2, 0.25) is 0 Å². The van der Waals surface area contributed by atoms with Crippen LogP contribution in [-0.2, 0) is 15.1 Å². The summed E-state index contributed by atoms with van der Waals surface area (Å²) in [6.07, 6.45) is 3.77. The van der Waals surface area contributed by atoms with Crippen molar-refractivity contribution in [3.63, 3.8) is 0 Å². The van der Waals surface area contributed by atoms with Crippen LogP contribution in [0.5, 0.6) is 5.75 Å². The summed E-state index contributed by atoms with van der Waals surface area (Å²) in [5.74, 6) is -0.0339. The van der Waals surface area contributed by atoms with Crippen molar-refractivity contribution in [3.8, 4) is 5.75 Å². The van der Waals surface area contributed by atoms with Gasteiger partial charge in [0.1, 0.15) is 5.75 Å². The lowest BCUT2D eigenvalue weighted by Crippen LogP contribution is -2.45. The fraction of sp³-hybridized carbons (Fsp3) is 0.458. The van der Waals surface area contributed by atoms with Crippen molar-refractivity contribution < 1.29 is 24.2 Å². The average molecular weight is 427 g/mol. The van der Waals surface area contributed by atoms with Gasteiger partial charge < -0.3 is 19.5 Å². The number of piperidine rings is 1. The van der Waals surface area contributed by atoms with Crippen LogP contribution >= 0.6 is 0 Å². The number of hydrogen-bond donors (Lipinski definition) is 1. The molecule has 1 aromatic heterocycles. The second kappa shape index (κ2) is 9.06. The van der Waals surface area contributed by atoms with E-state index < -0.39 is 17.2 Å². The molecule has 0 spiro atoms. The van der Waals surface area contributed by atoms with Crippen LogP contribution in [0.15, 0.2) is 48.8 Å². The summed E-state index contributed by atoms with van der Waals surface area (Å²) in [5, 5.41) is 11.3. The van der Waals surface area contributed by atoms with Gasteiger partial charge >= 0.3 is 5.97 Å². The SMILES string of the molecule is CC(C)OC(=O)C(C)(C)Oc1cccc(C2(O)CCN(C(=O)c3ccncc3)CC2)c1. The van der Waals surface area contributed by atoms with Crippen LogP contribution in [0, 0.1) is 0 Å². The molecule has 3 rings (SSSR count). The maximum absolute atomic E-state index is 12.7. The molecule has 7 nitrogen and oxygen atoms in total. The van der Waals surface area contributed by atoms with Crippen molar-refractivity contribution in [2.75, 3.05) is 13.1 Å². The van der Waals surface area contributed by atoms with Gasteiger partial charge in [-0.2, -0.15) is 0 Å². The minimum Gasteiger partial charge on any atom is -0.476 e. The maximum Gasteiger partial charge on any atom is 0.350 e. The topological polar surface area (TPSA) is 89.0 Å². The van der Waals surface area contributed by atoms with Crippen LogP contribution in [0.25, 0.3) is 0 Å². The number of carbonyl (C=O) groups excluding carboxylic acids is 2. The van der Waals surface area contributed by atoms with E-state index in [1.165, 1.54) is 0 Å². The Kier molecular flexibility index (Phi) is 6.65. The third-order valence-corrected chi connectivity index (χ3v) is 5.38. The van der Waals surface area contributed by atoms with Gasteiger partial charge in [0.15, 0.2) is 5.60 Å². The minimum absolute atomic E-state index is 0.0630. The first-order chi connectivity index (χ1) is 14.6. The Bertz CT molecular complexity index is 919. The van der Waals surface area contributed by atoms with Gasteiger partial charge in [-0.1, -0.05) is 12.1 Å². The molecule has 0 aliphatic carbocycles. The number of nitrogens with zero attached hydrogens (tertiary/aromatic N) is 2. The summed E-state index contributed by atoms with van der Waals surface area (Å²) in [7, 11) is 0. The van der Waals surface area contributed by atoms with Gasteiger partial charge in [0.25, 0.3) is 5.91 Å². The molecule has 2 aromatic rings. The van der Waals surface area contributed by atoms with Crippen molar-refractivity contribution in [3.05, 3.63) is 59.9 Å². The number of carbonyl (C=O) groups is 2. The number of esters is 1. The van der Waals surface area contributed by atoms with Gasteiger partial charge in [-0.05, 0) is 70.4 Å². The second-order valence-corrected chi connectivity index (χ2v) is 8.65. The number of ether oxygens (including phenoxy) is 2. The van der Waals surface area contributed by atoms with Gasteiger partial charge in [-0.15, -0.1) is 0 Å². The van der Waals surface area contributed by atoms with E-state index in [2.05, 4.69) is 4.98 Å². The van der Waals surface area contributed by atoms with Gasteiger partial charge in [-0.25, -0.2) is 4.79 Å². The smallest absolute Gasteiger partial charge is 0.350 e. The zero-order valence-electron chi connectivity index (χ0n) is 18.5. The zero-order valence-corrected chi connectivity index (χ0v) is 18.5. The largest absolute Gasteiger partial charge is 0.476 e. The Labute approximate surface area is 183 Å². The summed E-state index contributed by atoms with van der Waals surface area (Å²) >= 11 is 0. The predicted molar refractivity (Wildman–Crippen MR) is 116 cm³/mol. The summed E-state index contributed by atoms with van der Waals surface area (Å²) < 4.78 is 11.2. The minimum atomic E-state index is -1.16. The highest BCUT2D eigenvalue weighted by atomic mass is 16.6. The maximum atomic E-state index is 12.7. The number of aliphatic hydroxyl groups is 1. The normalized spacial score (nSPS) is 16.1. The van der Waals surface area contributed by atoms with Gasteiger partial charge in [0.05, 0.1) is 11.7 Å². The molecule has 0 saturated carbocycles. The first-order valence-corrected chi connectivity index (χ1v) is 10.5. The molecule has 1 N–H and O–H groups in total. The van der Waals surface area contributed by atoms with Gasteiger partial charge in [0, 0.05) is 31.0 Å². The van der Waals surface area contributed by atoms with Crippen molar-refractivity contribution >= 4 is 11.9 Å². The molecular weight excluding hydrogens is 396 g/mol. The van der Waals surface area contributed by atoms with E-state index in [4.69, 9.17) is 9.47 Å². The Hall–Kier alpha value is -2.93. The third-order valence-electron chi connectivity index (χ3n) is 5.38. The molecule has 1 aliphatic rings. The summed E-state index contributed by atoms with van der Waals surface area (Å²) in [6.45, 7) is 7.76. The average Bonchev–Trinajstić information content (AvgIpc) is 2.74. The highest BCUT2D eigenvalue weighted by molar-refractivity contribution is 5.94. The monoisotopic (exact) mass is 426 g/mol. The Morgan fingerprint density at radius 2 is 1.77 bits per heavy atom. The van der Waals surface area contributed by atoms with Crippen LogP contribution in [0.3, 0.4) is 0 Å². The van der Waals surface area contributed by atoms with Crippen molar-refractivity contribution in [1.82, 2.24) is 9.88 Å². The van der Waals surface area contributed by atoms with E-state index in [1.807, 2.05) is 6.07 Å². The Balaban J connectivity index is 1.68. The molecule has 0 atom stereocenters. The molecule has 166 valence electrons. The highest BCUT2D eigenvalue weighted by Gasteiger charge is 2.37. The van der Waals surface area contributed by atoms with E-state index in [0.717, 1.165) is 0 Å². The standard InChI is InChI=1S/C24H30N2O5/c1-17(2)30-22(28)23(3,4)31-20-7-5-6-19(16-20)24(29)10-14-26(15-11-24)21(27)18-8-12-25-13-9-18/h5-9,12-13,16-17,29H,10-11,14-15H2,1-4H3. The number of rotatable bonds is 6. The van der Waals surface area contributed by atoms with E-state index in [9.17, 15) is 14.7 Å². The van der Waals surface area contributed by atoms with Crippen molar-refractivity contribution in [2.45, 2.75) is 57.8 Å².